The van der Waals surface area contributed by atoms with Gasteiger partial charge < -0.3 is 20.3 Å². The lowest BCUT2D eigenvalue weighted by atomic mass is 9.88. The number of amides is 3. The predicted molar refractivity (Wildman–Crippen MR) is 116 cm³/mol. The Hall–Kier alpha value is -2.41. The van der Waals surface area contributed by atoms with Crippen LogP contribution in [0.25, 0.3) is 0 Å². The maximum Gasteiger partial charge on any atom is 0.253 e. The molecule has 0 aromatic heterocycles. The highest BCUT2D eigenvalue weighted by Gasteiger charge is 2.34. The molecule has 1 aliphatic rings. The number of nitrogens with one attached hydrogen (secondary N) is 2. The van der Waals surface area contributed by atoms with Crippen LogP contribution in [0.3, 0.4) is 0 Å². The molecule has 1 fully saturated rings. The molecular weight excluding hydrogens is 382 g/mol. The zero-order chi connectivity index (χ0) is 22.1. The summed E-state index contributed by atoms with van der Waals surface area (Å²) in [6.45, 7) is 7.87. The molecule has 0 unspecified atom stereocenters. The van der Waals surface area contributed by atoms with Gasteiger partial charge in [-0.05, 0) is 43.7 Å². The van der Waals surface area contributed by atoms with Crippen LogP contribution in [0.15, 0.2) is 24.3 Å². The number of carbonyl (C=O) groups excluding carboxylic acids is 3. The number of rotatable bonds is 9. The monoisotopic (exact) mass is 417 g/mol. The molecule has 1 aliphatic heterocycles. The molecule has 1 atom stereocenters. The van der Waals surface area contributed by atoms with Gasteiger partial charge in [0.25, 0.3) is 5.91 Å². The van der Waals surface area contributed by atoms with Crippen molar-refractivity contribution < 1.29 is 19.1 Å². The minimum atomic E-state index is -0.593. The van der Waals surface area contributed by atoms with Crippen molar-refractivity contribution in [3.05, 3.63) is 35.4 Å². The van der Waals surface area contributed by atoms with E-state index in [1.165, 1.54) is 0 Å². The van der Waals surface area contributed by atoms with Gasteiger partial charge >= 0.3 is 0 Å². The Bertz CT molecular complexity index is 727. The Labute approximate surface area is 179 Å². The fourth-order valence-corrected chi connectivity index (χ4v) is 3.78. The van der Waals surface area contributed by atoms with E-state index in [0.717, 1.165) is 5.56 Å². The maximum absolute atomic E-state index is 12.8. The highest BCUT2D eigenvalue weighted by Crippen LogP contribution is 2.23. The van der Waals surface area contributed by atoms with Gasteiger partial charge in [0.1, 0.15) is 6.04 Å². The van der Waals surface area contributed by atoms with Crippen molar-refractivity contribution in [1.29, 1.82) is 0 Å². The molecule has 30 heavy (non-hydrogen) atoms. The molecule has 1 aromatic rings. The van der Waals surface area contributed by atoms with Crippen LogP contribution in [-0.2, 0) is 14.3 Å². The number of ether oxygens (including phenoxy) is 1. The van der Waals surface area contributed by atoms with E-state index in [2.05, 4.69) is 10.6 Å². The Kier molecular flexibility index (Phi) is 9.30. The summed E-state index contributed by atoms with van der Waals surface area (Å²) in [6, 6.07) is 6.99. The van der Waals surface area contributed by atoms with E-state index in [-0.39, 0.29) is 29.6 Å². The Morgan fingerprint density at radius 3 is 2.50 bits per heavy atom. The van der Waals surface area contributed by atoms with Crippen LogP contribution >= 0.6 is 0 Å². The molecule has 7 nitrogen and oxygen atoms in total. The Morgan fingerprint density at radius 1 is 1.20 bits per heavy atom. The van der Waals surface area contributed by atoms with Crippen molar-refractivity contribution in [1.82, 2.24) is 15.5 Å². The zero-order valence-corrected chi connectivity index (χ0v) is 18.6. The summed E-state index contributed by atoms with van der Waals surface area (Å²) in [5.74, 6) is -0.0777. The molecule has 166 valence electrons. The van der Waals surface area contributed by atoms with Gasteiger partial charge in [-0.1, -0.05) is 31.5 Å². The second kappa shape index (κ2) is 11.7. The van der Waals surface area contributed by atoms with Gasteiger partial charge in [0.2, 0.25) is 11.8 Å². The number of nitrogens with zero attached hydrogens (tertiary/aromatic N) is 1. The molecule has 0 spiro atoms. The number of hydrogen-bond donors (Lipinski definition) is 2. The number of piperidine rings is 1. The summed E-state index contributed by atoms with van der Waals surface area (Å²) in [7, 11) is 1.58. The lowest BCUT2D eigenvalue weighted by Gasteiger charge is -2.36. The van der Waals surface area contributed by atoms with Crippen molar-refractivity contribution in [2.24, 2.45) is 11.8 Å². The molecule has 2 rings (SSSR count). The summed E-state index contributed by atoms with van der Waals surface area (Å²) in [4.78, 5) is 39.7. The standard InChI is InChI=1S/C23H35N3O4/c1-16(2)14-20(27)25-21(22(28)24-10-13-30-4)18-8-11-26(12-9-18)23(29)19-7-5-6-17(3)15-19/h5-7,15-16,18,21H,8-14H2,1-4H3,(H,24,28)(H,25,27)/t21-/m0/s1. The number of benzene rings is 1. The molecule has 1 saturated heterocycles. The molecule has 0 aliphatic carbocycles. The normalized spacial score (nSPS) is 15.7. The lowest BCUT2D eigenvalue weighted by Crippen LogP contribution is -2.54. The third-order valence-corrected chi connectivity index (χ3v) is 5.36. The predicted octanol–water partition coefficient (Wildman–Crippen LogP) is 2.14. The van der Waals surface area contributed by atoms with Gasteiger partial charge in [0.05, 0.1) is 6.61 Å². The fraction of sp³-hybridized carbons (Fsp3) is 0.609. The first-order chi connectivity index (χ1) is 14.3. The van der Waals surface area contributed by atoms with Gasteiger partial charge in [-0.15, -0.1) is 0 Å². The molecule has 1 aromatic carbocycles. The van der Waals surface area contributed by atoms with Crippen LogP contribution in [-0.4, -0.2) is 62.0 Å². The second-order valence-electron chi connectivity index (χ2n) is 8.43. The number of methoxy groups -OCH3 is 1. The average Bonchev–Trinajstić information content (AvgIpc) is 2.71. The minimum Gasteiger partial charge on any atom is -0.383 e. The third-order valence-electron chi connectivity index (χ3n) is 5.36. The summed E-state index contributed by atoms with van der Waals surface area (Å²) in [6.07, 6.45) is 1.72. The fourth-order valence-electron chi connectivity index (χ4n) is 3.78. The van der Waals surface area contributed by atoms with Crippen LogP contribution in [0.4, 0.5) is 0 Å². The summed E-state index contributed by atoms with van der Waals surface area (Å²) in [5.41, 5.74) is 1.74. The smallest absolute Gasteiger partial charge is 0.253 e. The van der Waals surface area contributed by atoms with Gasteiger partial charge in [-0.25, -0.2) is 0 Å². The SMILES string of the molecule is COCCNC(=O)[C@@H](NC(=O)CC(C)C)C1CCN(C(=O)c2cccc(C)c2)CC1. The number of likely N-dealkylation sites (tertiary alicyclic amines) is 1. The average molecular weight is 418 g/mol. The van der Waals surface area contributed by atoms with Crippen molar-refractivity contribution in [2.75, 3.05) is 33.4 Å². The van der Waals surface area contributed by atoms with Gasteiger partial charge in [0.15, 0.2) is 0 Å². The van der Waals surface area contributed by atoms with E-state index in [1.807, 2.05) is 49.9 Å². The van der Waals surface area contributed by atoms with Gasteiger partial charge in [0, 0.05) is 38.7 Å². The molecule has 0 bridgehead atoms. The summed E-state index contributed by atoms with van der Waals surface area (Å²) >= 11 is 0. The van der Waals surface area contributed by atoms with E-state index >= 15 is 0 Å². The summed E-state index contributed by atoms with van der Waals surface area (Å²) < 4.78 is 5.00. The summed E-state index contributed by atoms with van der Waals surface area (Å²) in [5, 5.41) is 5.78. The van der Waals surface area contributed by atoms with E-state index in [9.17, 15) is 14.4 Å². The lowest BCUT2D eigenvalue weighted by molar-refractivity contribution is -0.131. The Balaban J connectivity index is 2.00. The Morgan fingerprint density at radius 2 is 1.90 bits per heavy atom. The molecule has 7 heteroatoms. The van der Waals surface area contributed by atoms with Crippen molar-refractivity contribution in [2.45, 2.75) is 46.1 Å². The van der Waals surface area contributed by atoms with E-state index in [4.69, 9.17) is 4.74 Å². The maximum atomic E-state index is 12.8. The highest BCUT2D eigenvalue weighted by atomic mass is 16.5. The van der Waals surface area contributed by atoms with Crippen molar-refractivity contribution in [3.8, 4) is 0 Å². The number of hydrogen-bond acceptors (Lipinski definition) is 4. The van der Waals surface area contributed by atoms with Gasteiger partial charge in [-0.2, -0.15) is 0 Å². The molecule has 3 amide bonds. The molecule has 0 saturated carbocycles. The highest BCUT2D eigenvalue weighted by molar-refractivity contribution is 5.94. The van der Waals surface area contributed by atoms with E-state index < -0.39 is 6.04 Å². The van der Waals surface area contributed by atoms with E-state index in [1.54, 1.807) is 7.11 Å². The third kappa shape index (κ3) is 7.13. The van der Waals surface area contributed by atoms with Crippen LogP contribution in [0.5, 0.6) is 0 Å². The second-order valence-corrected chi connectivity index (χ2v) is 8.43. The van der Waals surface area contributed by atoms with Gasteiger partial charge in [-0.3, -0.25) is 14.4 Å². The van der Waals surface area contributed by atoms with Crippen LogP contribution < -0.4 is 10.6 Å². The quantitative estimate of drug-likeness (QED) is 0.603. The molecule has 2 N–H and O–H groups in total. The number of aryl methyl sites for hydroxylation is 1. The van der Waals surface area contributed by atoms with E-state index in [0.29, 0.717) is 51.1 Å². The first kappa shape index (κ1) is 23.9. The largest absolute Gasteiger partial charge is 0.383 e. The van der Waals surface area contributed by atoms with Crippen LogP contribution in [0.2, 0.25) is 0 Å². The molecule has 0 radical (unpaired) electrons. The van der Waals surface area contributed by atoms with Crippen LogP contribution in [0, 0.1) is 18.8 Å². The number of carbonyl (C=O) groups is 3. The topological polar surface area (TPSA) is 87.7 Å². The molecular formula is C23H35N3O4. The molecule has 1 heterocycles. The first-order valence-corrected chi connectivity index (χ1v) is 10.7. The van der Waals surface area contributed by atoms with Crippen molar-refractivity contribution >= 4 is 17.7 Å². The van der Waals surface area contributed by atoms with Crippen molar-refractivity contribution in [3.63, 3.8) is 0 Å². The minimum absolute atomic E-state index is 0.00906. The van der Waals surface area contributed by atoms with Crippen LogP contribution in [0.1, 0.15) is 49.0 Å². The first-order valence-electron chi connectivity index (χ1n) is 10.7. The zero-order valence-electron chi connectivity index (χ0n) is 18.6.